The molecule has 0 aliphatic heterocycles. The lowest BCUT2D eigenvalue weighted by Crippen LogP contribution is -2.03. The summed E-state index contributed by atoms with van der Waals surface area (Å²) in [6.45, 7) is 1.21. The standard InChI is InChI=1S/C62H47N11O29S8/c1-30-20-46(49(96-18-7-19-103-100-97-78)29-45(30)67-69-47-25-35(106(81,82)83)22-32-23-36(107(84,85)86)26-48(74)54(32)47)68-73-58-53(109(90,91)92)28-41-39(61(58)77)15-17-44(62(41)110(93,94)95)66-70-55-40-27-51(105-102-99-80)57(60(76)38(40)14-16-43(55)63-33-8-3-2-4-9-33)71-64-34-12-13-37-31(21-34)24-50(104-101-98-79)56(59(37)75)72-65-42-10-5-6-11-52(42)108(87,88)89/h2-6,8-17,20-29,63,74-80H,7,18-19H2,1H3,(H,81,82,83)(H,84,85,86)(H,87,88,89)(H,90,91,92)(H,93,94,95). The second kappa shape index (κ2) is 33.4. The van der Waals surface area contributed by atoms with Crippen LogP contribution in [0.1, 0.15) is 12.0 Å². The van der Waals surface area contributed by atoms with E-state index < -0.39 is 126 Å². The second-order valence-electron chi connectivity index (χ2n) is 22.2. The normalized spacial score (nSPS) is 12.8. The van der Waals surface area contributed by atoms with Gasteiger partial charge in [-0.05, 0) is 139 Å². The number of aryl methyl sites for hydroxylation is 1. The summed E-state index contributed by atoms with van der Waals surface area (Å²) in [5, 5.41) is 127. The highest BCUT2D eigenvalue weighted by molar-refractivity contribution is 7.95. The minimum absolute atomic E-state index is 0.0317. The second-order valence-corrected chi connectivity index (χ2v) is 31.5. The van der Waals surface area contributed by atoms with Crippen molar-refractivity contribution in [2.45, 2.75) is 47.6 Å². The van der Waals surface area contributed by atoms with Gasteiger partial charge in [-0.1, -0.05) is 45.4 Å². The van der Waals surface area contributed by atoms with Crippen molar-refractivity contribution in [3.63, 3.8) is 0 Å². The van der Waals surface area contributed by atoms with Crippen molar-refractivity contribution >= 4 is 198 Å². The minimum Gasteiger partial charge on any atom is -0.507 e. The zero-order valence-corrected chi connectivity index (χ0v) is 61.1. The number of rotatable bonds is 30. The number of anilines is 2. The Morgan fingerprint density at radius 1 is 0.418 bits per heavy atom. The summed E-state index contributed by atoms with van der Waals surface area (Å²) in [7, 11) is -26.1. The molecule has 110 heavy (non-hydrogen) atoms. The molecule has 0 aromatic heterocycles. The van der Waals surface area contributed by atoms with Gasteiger partial charge in [0.15, 0.2) is 17.2 Å². The number of nitrogens with one attached hydrogen (secondary N) is 1. The van der Waals surface area contributed by atoms with E-state index in [9.17, 15) is 90.5 Å². The first-order valence-corrected chi connectivity index (χ1v) is 39.6. The number of aromatic hydroxyl groups is 4. The van der Waals surface area contributed by atoms with E-state index in [-0.39, 0.29) is 130 Å². The van der Waals surface area contributed by atoms with Gasteiger partial charge in [-0.2, -0.15) is 52.3 Å². The van der Waals surface area contributed by atoms with Gasteiger partial charge in [-0.3, -0.25) is 22.8 Å². The third kappa shape index (κ3) is 18.3. The molecule has 0 saturated heterocycles. The van der Waals surface area contributed by atoms with Gasteiger partial charge in [-0.15, -0.1) is 53.9 Å². The van der Waals surface area contributed by atoms with Crippen LogP contribution in [0.3, 0.4) is 0 Å². The molecule has 0 radical (unpaired) electrons. The summed E-state index contributed by atoms with van der Waals surface area (Å²) in [5.74, 6) is -3.36. The summed E-state index contributed by atoms with van der Waals surface area (Å²) in [6, 6.07) is 30.7. The molecule has 11 aromatic rings. The molecule has 0 bridgehead atoms. The Hall–Kier alpha value is -10.5. The molecule has 0 fully saturated rings. The Morgan fingerprint density at radius 3 is 1.64 bits per heavy atom. The minimum atomic E-state index is -5.63. The maximum Gasteiger partial charge on any atom is 0.297 e. The molecule has 0 unspecified atom stereocenters. The van der Waals surface area contributed by atoms with Gasteiger partial charge in [0, 0.05) is 62.5 Å². The molecular weight excluding hydrogens is 1620 g/mol. The molecule has 0 atom stereocenters. The number of ether oxygens (including phenoxy) is 1. The van der Waals surface area contributed by atoms with Gasteiger partial charge < -0.3 is 30.5 Å². The van der Waals surface area contributed by atoms with Crippen molar-refractivity contribution < 1.29 is 134 Å². The number of phenols is 4. The zero-order valence-electron chi connectivity index (χ0n) is 54.6. The van der Waals surface area contributed by atoms with Crippen molar-refractivity contribution in [3.8, 4) is 28.7 Å². The molecule has 11 aromatic carbocycles. The van der Waals surface area contributed by atoms with Crippen molar-refractivity contribution in [1.82, 2.24) is 0 Å². The van der Waals surface area contributed by atoms with Gasteiger partial charge in [0.25, 0.3) is 50.6 Å². The first kappa shape index (κ1) is 80.5. The Bertz CT molecular complexity index is 6290. The SMILES string of the molecule is Cc1cc(N=Nc2c(S(=O)(=O)O)cc3c(S(=O)(=O)O)c(N=Nc4c(Nc5ccccc5)ccc5c(O)c(N=Nc6ccc7c(O)c(N=Nc8ccccc8S(=O)(=O)O)c(SOOO)cc7c6)c(SOOO)cc45)ccc3c2O)c(OCCCSOOO)cc1N=Nc1cc(S(=O)(=O)O)cc2cc(S(=O)(=O)O)cc(O)c12. The quantitative estimate of drug-likeness (QED) is 0.00496. The molecule has 0 aliphatic carbocycles. The highest BCUT2D eigenvalue weighted by atomic mass is 32.2. The van der Waals surface area contributed by atoms with Gasteiger partial charge in [0.05, 0.1) is 78.4 Å². The third-order valence-electron chi connectivity index (χ3n) is 15.3. The summed E-state index contributed by atoms with van der Waals surface area (Å²) >= 11 is 1.26. The summed E-state index contributed by atoms with van der Waals surface area (Å²) < 4.78 is 198. The highest BCUT2D eigenvalue weighted by Crippen LogP contribution is 2.52. The van der Waals surface area contributed by atoms with E-state index in [0.29, 0.717) is 41.9 Å². The molecule has 0 aliphatic rings. The lowest BCUT2D eigenvalue weighted by atomic mass is 10.0. The smallest absolute Gasteiger partial charge is 0.297 e. The number of phenolic OH excluding ortho intramolecular Hbond substituents is 4. The number of azo groups is 5. The monoisotopic (exact) mass is 1670 g/mol. The summed E-state index contributed by atoms with van der Waals surface area (Å²) in [6.07, 6.45) is 0.135. The molecule has 572 valence electrons. The van der Waals surface area contributed by atoms with E-state index in [4.69, 9.17) is 19.6 Å². The molecule has 0 amide bonds. The number of hydrogen-bond donors (Lipinski definition) is 13. The lowest BCUT2D eigenvalue weighted by Gasteiger charge is -2.15. The average Bonchev–Trinajstić information content (AvgIpc) is 0.745. The molecule has 0 heterocycles. The van der Waals surface area contributed by atoms with Crippen LogP contribution in [-0.2, 0) is 78.7 Å². The van der Waals surface area contributed by atoms with Gasteiger partial charge in [-0.25, -0.2) is 15.8 Å². The number of fused-ring (bicyclic) bond motifs is 4. The fourth-order valence-electron chi connectivity index (χ4n) is 10.5. The van der Waals surface area contributed by atoms with Crippen molar-refractivity contribution in [1.29, 1.82) is 0 Å². The van der Waals surface area contributed by atoms with Crippen LogP contribution in [0.15, 0.2) is 237 Å². The Morgan fingerprint density at radius 2 is 0.973 bits per heavy atom. The zero-order chi connectivity index (χ0) is 79.2. The Kier molecular flexibility index (Phi) is 24.4. The van der Waals surface area contributed by atoms with Crippen LogP contribution in [0.4, 0.5) is 68.2 Å². The number of benzene rings is 11. The lowest BCUT2D eigenvalue weighted by molar-refractivity contribution is -0.432. The fraction of sp³-hybridized carbons (Fsp3) is 0.0645. The number of para-hydroxylation sites is 1. The van der Waals surface area contributed by atoms with E-state index in [0.717, 1.165) is 36.4 Å². The largest absolute Gasteiger partial charge is 0.507 e. The van der Waals surface area contributed by atoms with E-state index >= 15 is 0 Å². The molecule has 11 rings (SSSR count). The first-order chi connectivity index (χ1) is 52.2. The van der Waals surface area contributed by atoms with Crippen LogP contribution in [0.25, 0.3) is 43.1 Å². The van der Waals surface area contributed by atoms with Crippen molar-refractivity contribution in [2.75, 3.05) is 17.7 Å². The van der Waals surface area contributed by atoms with Crippen LogP contribution in [0.2, 0.25) is 0 Å². The van der Waals surface area contributed by atoms with Gasteiger partial charge >= 0.3 is 0 Å². The van der Waals surface area contributed by atoms with Crippen LogP contribution in [0, 0.1) is 6.92 Å². The van der Waals surface area contributed by atoms with E-state index in [2.05, 4.69) is 80.2 Å². The van der Waals surface area contributed by atoms with Crippen LogP contribution in [0.5, 0.6) is 28.7 Å². The van der Waals surface area contributed by atoms with Crippen LogP contribution in [-0.4, -0.2) is 113 Å². The summed E-state index contributed by atoms with van der Waals surface area (Å²) in [4.78, 5) is -5.11. The molecule has 40 nitrogen and oxygen atoms in total. The topological polar surface area (TPSA) is 614 Å². The molecule has 48 heteroatoms. The van der Waals surface area contributed by atoms with E-state index in [1.165, 1.54) is 79.7 Å². The third-order valence-corrected chi connectivity index (χ3v) is 21.5. The average molecular weight is 1670 g/mol. The molecular formula is C62H47N11O29S8. The Balaban J connectivity index is 0.989. The van der Waals surface area contributed by atoms with Crippen molar-refractivity contribution in [2.24, 2.45) is 51.1 Å². The number of nitrogens with zero attached hydrogens (tertiary/aromatic N) is 10. The van der Waals surface area contributed by atoms with Crippen LogP contribution < -0.4 is 10.1 Å². The fourth-order valence-corrected chi connectivity index (χ4v) is 15.0. The maximum atomic E-state index is 13.7. The summed E-state index contributed by atoms with van der Waals surface area (Å²) in [5.41, 5.74) is -3.21. The predicted molar refractivity (Wildman–Crippen MR) is 388 cm³/mol. The van der Waals surface area contributed by atoms with Gasteiger partial charge in [0.2, 0.25) is 0 Å². The van der Waals surface area contributed by atoms with Gasteiger partial charge in [0.1, 0.15) is 66.0 Å². The molecule has 13 N–H and O–H groups in total. The molecule has 0 saturated carbocycles. The first-order valence-electron chi connectivity index (χ1n) is 30.0. The number of hydrogen-bond acceptors (Lipinski definition) is 38. The Labute approximate surface area is 630 Å². The highest BCUT2D eigenvalue weighted by Gasteiger charge is 2.30. The maximum absolute atomic E-state index is 13.7. The van der Waals surface area contributed by atoms with Crippen molar-refractivity contribution in [3.05, 3.63) is 157 Å². The molecule has 0 spiro atoms. The van der Waals surface area contributed by atoms with Crippen LogP contribution >= 0.6 is 36.1 Å². The van der Waals surface area contributed by atoms with E-state index in [1.807, 2.05) is 0 Å². The predicted octanol–water partition coefficient (Wildman–Crippen LogP) is 17.2. The van der Waals surface area contributed by atoms with E-state index in [1.54, 1.807) is 30.3 Å².